The van der Waals surface area contributed by atoms with Gasteiger partial charge in [0.1, 0.15) is 0 Å². The Kier molecular flexibility index (Phi) is 6.35. The van der Waals surface area contributed by atoms with Crippen molar-refractivity contribution in [2.75, 3.05) is 26.2 Å². The van der Waals surface area contributed by atoms with Gasteiger partial charge in [0.15, 0.2) is 0 Å². The Bertz CT molecular complexity index is 361. The summed E-state index contributed by atoms with van der Waals surface area (Å²) in [6, 6.07) is 4.62. The van der Waals surface area contributed by atoms with Crippen LogP contribution in [0.2, 0.25) is 0 Å². The number of hydrogen-bond acceptors (Lipinski definition) is 3. The molecule has 1 aliphatic rings. The molecule has 1 N–H and O–H groups in total. The molecule has 0 aromatic carbocycles. The first-order chi connectivity index (χ1) is 9.31. The molecule has 0 bridgehead atoms. The summed E-state index contributed by atoms with van der Waals surface area (Å²) in [7, 11) is 0. The van der Waals surface area contributed by atoms with Gasteiger partial charge >= 0.3 is 0 Å². The van der Waals surface area contributed by atoms with E-state index in [9.17, 15) is 0 Å². The first-order valence-corrected chi connectivity index (χ1v) is 8.64. The van der Waals surface area contributed by atoms with E-state index < -0.39 is 0 Å². The minimum Gasteiger partial charge on any atom is -0.316 e. The van der Waals surface area contributed by atoms with E-state index in [2.05, 4.69) is 36.2 Å². The van der Waals surface area contributed by atoms with E-state index in [0.29, 0.717) is 0 Å². The molecule has 2 nitrogen and oxygen atoms in total. The molecule has 1 aromatic heterocycles. The van der Waals surface area contributed by atoms with Crippen LogP contribution in [0.1, 0.15) is 42.9 Å². The van der Waals surface area contributed by atoms with Gasteiger partial charge in [-0.15, -0.1) is 11.3 Å². The summed E-state index contributed by atoms with van der Waals surface area (Å²) in [5.74, 6) is 0.853. The van der Waals surface area contributed by atoms with Crippen LogP contribution in [0.25, 0.3) is 0 Å². The lowest BCUT2D eigenvalue weighted by Gasteiger charge is -2.32. The summed E-state index contributed by atoms with van der Waals surface area (Å²) in [4.78, 5) is 5.71. The molecule has 1 aliphatic heterocycles. The number of aryl methyl sites for hydroxylation is 1. The van der Waals surface area contributed by atoms with E-state index in [4.69, 9.17) is 0 Å². The number of rotatable bonds is 7. The van der Waals surface area contributed by atoms with Crippen LogP contribution in [0.5, 0.6) is 0 Å². The highest BCUT2D eigenvalue weighted by Gasteiger charge is 2.19. The van der Waals surface area contributed by atoms with Crippen LogP contribution in [0.3, 0.4) is 0 Å². The molecule has 0 aliphatic carbocycles. The molecular weight excluding hydrogens is 252 g/mol. The molecule has 108 valence electrons. The smallest absolute Gasteiger partial charge is 0.0328 e. The number of nitrogens with one attached hydrogen (secondary N) is 1. The van der Waals surface area contributed by atoms with Crippen molar-refractivity contribution in [1.82, 2.24) is 10.2 Å². The summed E-state index contributed by atoms with van der Waals surface area (Å²) >= 11 is 1.99. The largest absolute Gasteiger partial charge is 0.316 e. The maximum absolute atomic E-state index is 3.58. The summed E-state index contributed by atoms with van der Waals surface area (Å²) in [5, 5.41) is 3.58. The number of piperidine rings is 1. The molecule has 3 heteroatoms. The molecule has 1 aromatic rings. The van der Waals surface area contributed by atoms with E-state index in [1.807, 2.05) is 11.3 Å². The lowest BCUT2D eigenvalue weighted by Crippen LogP contribution is -2.39. The second-order valence-corrected chi connectivity index (χ2v) is 6.92. The van der Waals surface area contributed by atoms with Gasteiger partial charge in [0.2, 0.25) is 0 Å². The molecule has 2 rings (SSSR count). The standard InChI is InChI=1S/C16H28N2S/c1-3-9-17-11-14-6-5-10-18(12-14)13-16-8-7-15(4-2)19-16/h7-8,14,17H,3-6,9-13H2,1-2H3. The van der Waals surface area contributed by atoms with E-state index in [0.717, 1.165) is 12.5 Å². The Morgan fingerprint density at radius 1 is 1.32 bits per heavy atom. The van der Waals surface area contributed by atoms with Crippen molar-refractivity contribution in [3.8, 4) is 0 Å². The first-order valence-electron chi connectivity index (χ1n) is 7.82. The minimum absolute atomic E-state index is 0.853. The van der Waals surface area contributed by atoms with Crippen molar-refractivity contribution in [3.63, 3.8) is 0 Å². The normalized spacial score (nSPS) is 20.8. The molecule has 0 saturated carbocycles. The lowest BCUT2D eigenvalue weighted by molar-refractivity contribution is 0.167. The summed E-state index contributed by atoms with van der Waals surface area (Å²) < 4.78 is 0. The Morgan fingerprint density at radius 3 is 2.89 bits per heavy atom. The number of thiophene rings is 1. The van der Waals surface area contributed by atoms with Crippen LogP contribution in [-0.2, 0) is 13.0 Å². The maximum atomic E-state index is 3.58. The van der Waals surface area contributed by atoms with E-state index in [-0.39, 0.29) is 0 Å². The quantitative estimate of drug-likeness (QED) is 0.769. The van der Waals surface area contributed by atoms with Crippen molar-refractivity contribution >= 4 is 11.3 Å². The summed E-state index contributed by atoms with van der Waals surface area (Å²) in [5.41, 5.74) is 0. The van der Waals surface area contributed by atoms with Gasteiger partial charge in [-0.2, -0.15) is 0 Å². The Hall–Kier alpha value is -0.380. The molecule has 0 radical (unpaired) electrons. The van der Waals surface area contributed by atoms with E-state index in [1.165, 1.54) is 56.7 Å². The third kappa shape index (κ3) is 4.90. The van der Waals surface area contributed by atoms with Crippen LogP contribution in [0, 0.1) is 5.92 Å². The van der Waals surface area contributed by atoms with Crippen LogP contribution < -0.4 is 5.32 Å². The predicted octanol–water partition coefficient (Wildman–Crippen LogP) is 3.52. The topological polar surface area (TPSA) is 15.3 Å². The lowest BCUT2D eigenvalue weighted by atomic mass is 9.98. The van der Waals surface area contributed by atoms with Crippen molar-refractivity contribution in [3.05, 3.63) is 21.9 Å². The number of hydrogen-bond donors (Lipinski definition) is 1. The fraction of sp³-hybridized carbons (Fsp3) is 0.750. The third-order valence-corrected chi connectivity index (χ3v) is 5.12. The van der Waals surface area contributed by atoms with Crippen LogP contribution in [0.4, 0.5) is 0 Å². The van der Waals surface area contributed by atoms with Crippen molar-refractivity contribution in [2.24, 2.45) is 5.92 Å². The molecule has 0 spiro atoms. The van der Waals surface area contributed by atoms with Crippen LogP contribution >= 0.6 is 11.3 Å². The fourth-order valence-electron chi connectivity index (χ4n) is 2.86. The molecule has 0 amide bonds. The zero-order valence-electron chi connectivity index (χ0n) is 12.5. The first kappa shape index (κ1) is 15.0. The van der Waals surface area contributed by atoms with Crippen molar-refractivity contribution < 1.29 is 0 Å². The van der Waals surface area contributed by atoms with E-state index in [1.54, 1.807) is 4.88 Å². The van der Waals surface area contributed by atoms with Gasteiger partial charge in [-0.05, 0) is 63.4 Å². The molecule has 1 saturated heterocycles. The molecule has 1 atom stereocenters. The highest BCUT2D eigenvalue weighted by atomic mass is 32.1. The second kappa shape index (κ2) is 8.03. The highest BCUT2D eigenvalue weighted by molar-refractivity contribution is 7.11. The number of likely N-dealkylation sites (tertiary alicyclic amines) is 1. The van der Waals surface area contributed by atoms with E-state index >= 15 is 0 Å². The van der Waals surface area contributed by atoms with Gasteiger partial charge in [0.05, 0.1) is 0 Å². The minimum atomic E-state index is 0.853. The number of nitrogens with zero attached hydrogens (tertiary/aromatic N) is 1. The van der Waals surface area contributed by atoms with Crippen LogP contribution in [-0.4, -0.2) is 31.1 Å². The highest BCUT2D eigenvalue weighted by Crippen LogP contribution is 2.22. The summed E-state index contributed by atoms with van der Waals surface area (Å²) in [6.07, 6.45) is 5.18. The molecule has 19 heavy (non-hydrogen) atoms. The average molecular weight is 280 g/mol. The van der Waals surface area contributed by atoms with Gasteiger partial charge < -0.3 is 5.32 Å². The Balaban J connectivity index is 1.77. The Labute approximate surface area is 122 Å². The summed E-state index contributed by atoms with van der Waals surface area (Å²) in [6.45, 7) is 10.6. The van der Waals surface area contributed by atoms with Gasteiger partial charge in [-0.3, -0.25) is 4.90 Å². The van der Waals surface area contributed by atoms with Crippen LogP contribution in [0.15, 0.2) is 12.1 Å². The van der Waals surface area contributed by atoms with Crippen molar-refractivity contribution in [2.45, 2.75) is 46.1 Å². The molecular formula is C16H28N2S. The molecule has 1 fully saturated rings. The SMILES string of the molecule is CCCNCC1CCCN(Cc2ccc(CC)s2)C1. The zero-order valence-corrected chi connectivity index (χ0v) is 13.3. The molecule has 1 unspecified atom stereocenters. The monoisotopic (exact) mass is 280 g/mol. The third-order valence-electron chi connectivity index (χ3n) is 3.91. The maximum Gasteiger partial charge on any atom is 0.0328 e. The fourth-order valence-corrected chi connectivity index (χ4v) is 3.86. The second-order valence-electron chi connectivity index (χ2n) is 5.67. The molecule has 2 heterocycles. The zero-order chi connectivity index (χ0) is 13.5. The van der Waals surface area contributed by atoms with Gasteiger partial charge in [-0.25, -0.2) is 0 Å². The van der Waals surface area contributed by atoms with Gasteiger partial charge in [0, 0.05) is 22.8 Å². The van der Waals surface area contributed by atoms with Gasteiger partial charge in [0.25, 0.3) is 0 Å². The predicted molar refractivity (Wildman–Crippen MR) is 84.9 cm³/mol. The van der Waals surface area contributed by atoms with Gasteiger partial charge in [-0.1, -0.05) is 13.8 Å². The Morgan fingerprint density at radius 2 is 2.16 bits per heavy atom. The van der Waals surface area contributed by atoms with Crippen molar-refractivity contribution in [1.29, 1.82) is 0 Å². The average Bonchev–Trinajstić information content (AvgIpc) is 2.87.